The fraction of sp³-hybridized carbons (Fsp3) is 0.333. The molecule has 1 saturated heterocycles. The summed E-state index contributed by atoms with van der Waals surface area (Å²) < 4.78 is 0. The van der Waals surface area contributed by atoms with Crippen LogP contribution >= 0.6 is 0 Å². The SMILES string of the molecule is CCc1cc2ncc(CN3CCN(c4ccc(N)cc4N)CC3)cc2[nH]c1=O. The van der Waals surface area contributed by atoms with Gasteiger partial charge in [0.1, 0.15) is 0 Å². The van der Waals surface area contributed by atoms with Gasteiger partial charge in [0, 0.05) is 50.2 Å². The van der Waals surface area contributed by atoms with Gasteiger partial charge >= 0.3 is 0 Å². The number of aryl methyl sites for hydroxylation is 1. The van der Waals surface area contributed by atoms with E-state index in [-0.39, 0.29) is 5.56 Å². The molecular formula is C21H26N6O. The summed E-state index contributed by atoms with van der Waals surface area (Å²) in [5, 5.41) is 0. The zero-order chi connectivity index (χ0) is 19.7. The molecule has 28 heavy (non-hydrogen) atoms. The fourth-order valence-electron chi connectivity index (χ4n) is 3.78. The average Bonchev–Trinajstić information content (AvgIpc) is 2.68. The van der Waals surface area contributed by atoms with Crippen LogP contribution in [0, 0.1) is 0 Å². The second-order valence-electron chi connectivity index (χ2n) is 7.34. The maximum Gasteiger partial charge on any atom is 0.251 e. The molecule has 146 valence electrons. The Morgan fingerprint density at radius 2 is 1.89 bits per heavy atom. The number of pyridine rings is 2. The third kappa shape index (κ3) is 3.66. The average molecular weight is 378 g/mol. The number of aromatic nitrogens is 2. The van der Waals surface area contributed by atoms with Gasteiger partial charge in [-0.1, -0.05) is 6.92 Å². The molecule has 1 aliphatic heterocycles. The zero-order valence-corrected chi connectivity index (χ0v) is 16.1. The van der Waals surface area contributed by atoms with Crippen molar-refractivity contribution in [1.82, 2.24) is 14.9 Å². The smallest absolute Gasteiger partial charge is 0.251 e. The Balaban J connectivity index is 1.44. The number of nitrogens with zero attached hydrogens (tertiary/aromatic N) is 3. The van der Waals surface area contributed by atoms with Crippen molar-refractivity contribution in [1.29, 1.82) is 0 Å². The molecule has 5 N–H and O–H groups in total. The molecule has 4 rings (SSSR count). The number of aromatic amines is 1. The molecule has 1 aromatic carbocycles. The van der Waals surface area contributed by atoms with E-state index in [0.29, 0.717) is 12.1 Å². The minimum Gasteiger partial charge on any atom is -0.399 e. The van der Waals surface area contributed by atoms with Crippen LogP contribution < -0.4 is 21.9 Å². The van der Waals surface area contributed by atoms with Gasteiger partial charge in [0.15, 0.2) is 0 Å². The quantitative estimate of drug-likeness (QED) is 0.600. The minimum atomic E-state index is -0.0244. The molecule has 0 atom stereocenters. The monoisotopic (exact) mass is 378 g/mol. The van der Waals surface area contributed by atoms with Crippen LogP contribution in [0.25, 0.3) is 11.0 Å². The number of nitrogens with two attached hydrogens (primary N) is 2. The van der Waals surface area contributed by atoms with Crippen LogP contribution in [-0.4, -0.2) is 41.0 Å². The molecule has 3 aromatic rings. The van der Waals surface area contributed by atoms with Crippen LogP contribution in [0.5, 0.6) is 0 Å². The van der Waals surface area contributed by atoms with Gasteiger partial charge in [-0.15, -0.1) is 0 Å². The molecular weight excluding hydrogens is 352 g/mol. The predicted octanol–water partition coefficient (Wildman–Crippen LogP) is 1.97. The van der Waals surface area contributed by atoms with Crippen LogP contribution in [0.4, 0.5) is 17.1 Å². The first-order chi connectivity index (χ1) is 13.5. The Morgan fingerprint density at radius 3 is 2.61 bits per heavy atom. The van der Waals surface area contributed by atoms with Gasteiger partial charge in [-0.2, -0.15) is 0 Å². The summed E-state index contributed by atoms with van der Waals surface area (Å²) in [6.45, 7) is 6.48. The van der Waals surface area contributed by atoms with Gasteiger partial charge in [-0.3, -0.25) is 14.7 Å². The number of piperazine rings is 1. The number of fused-ring (bicyclic) bond motifs is 1. The lowest BCUT2D eigenvalue weighted by atomic mass is 10.1. The molecule has 2 aromatic heterocycles. The van der Waals surface area contributed by atoms with E-state index in [4.69, 9.17) is 11.5 Å². The molecule has 1 fully saturated rings. The topological polar surface area (TPSA) is 104 Å². The van der Waals surface area contributed by atoms with E-state index in [1.165, 1.54) is 0 Å². The number of H-pyrrole nitrogens is 1. The summed E-state index contributed by atoms with van der Waals surface area (Å²) in [6.07, 6.45) is 2.61. The number of anilines is 3. The minimum absolute atomic E-state index is 0.0244. The molecule has 7 heteroatoms. The molecule has 0 saturated carbocycles. The summed E-state index contributed by atoms with van der Waals surface area (Å²) in [7, 11) is 0. The van der Waals surface area contributed by atoms with Crippen LogP contribution in [0.2, 0.25) is 0 Å². The van der Waals surface area contributed by atoms with E-state index >= 15 is 0 Å². The van der Waals surface area contributed by atoms with Gasteiger partial charge in [0.25, 0.3) is 5.56 Å². The van der Waals surface area contributed by atoms with Crippen LogP contribution in [0.15, 0.2) is 41.3 Å². The third-order valence-corrected chi connectivity index (χ3v) is 5.38. The largest absolute Gasteiger partial charge is 0.399 e. The Bertz CT molecular complexity index is 1050. The van der Waals surface area contributed by atoms with Crippen molar-refractivity contribution in [2.75, 3.05) is 42.5 Å². The number of benzene rings is 1. The summed E-state index contributed by atoms with van der Waals surface area (Å²) in [5.41, 5.74) is 17.9. The second-order valence-corrected chi connectivity index (χ2v) is 7.34. The normalized spacial score (nSPS) is 15.2. The number of nitrogen functional groups attached to an aromatic ring is 2. The van der Waals surface area contributed by atoms with Gasteiger partial charge in [-0.25, -0.2) is 0 Å². The first kappa shape index (κ1) is 18.3. The maximum atomic E-state index is 12.1. The molecule has 0 radical (unpaired) electrons. The van der Waals surface area contributed by atoms with Crippen LogP contribution in [-0.2, 0) is 13.0 Å². The number of hydrogen-bond donors (Lipinski definition) is 3. The lowest BCUT2D eigenvalue weighted by Crippen LogP contribution is -2.46. The molecule has 0 aliphatic carbocycles. The van der Waals surface area contributed by atoms with Gasteiger partial charge in [0.2, 0.25) is 0 Å². The van der Waals surface area contributed by atoms with E-state index in [1.54, 1.807) is 0 Å². The Hall–Kier alpha value is -3.06. The van der Waals surface area contributed by atoms with Gasteiger partial charge < -0.3 is 21.4 Å². The Kier molecular flexibility index (Phi) is 4.92. The second kappa shape index (κ2) is 7.52. The van der Waals surface area contributed by atoms with Crippen molar-refractivity contribution in [3.8, 4) is 0 Å². The number of rotatable bonds is 4. The highest BCUT2D eigenvalue weighted by Crippen LogP contribution is 2.26. The van der Waals surface area contributed by atoms with Gasteiger partial charge in [-0.05, 0) is 42.3 Å². The molecule has 1 aliphatic rings. The van der Waals surface area contributed by atoms with Crippen molar-refractivity contribution >= 4 is 28.1 Å². The highest BCUT2D eigenvalue weighted by Gasteiger charge is 2.19. The summed E-state index contributed by atoms with van der Waals surface area (Å²) in [4.78, 5) is 24.3. The van der Waals surface area contributed by atoms with E-state index in [9.17, 15) is 4.79 Å². The molecule has 7 nitrogen and oxygen atoms in total. The predicted molar refractivity (Wildman–Crippen MR) is 114 cm³/mol. The standard InChI is InChI=1S/C21H26N6O/c1-2-15-10-18-19(25-21(15)28)9-14(12-24-18)13-26-5-7-27(8-6-26)20-4-3-16(22)11-17(20)23/h3-4,9-12H,2,5-8,13,22-23H2,1H3,(H,25,28). The molecule has 0 amide bonds. The highest BCUT2D eigenvalue weighted by molar-refractivity contribution is 5.75. The van der Waals surface area contributed by atoms with E-state index < -0.39 is 0 Å². The van der Waals surface area contributed by atoms with Crippen molar-refractivity contribution in [3.05, 3.63) is 58.0 Å². The molecule has 0 bridgehead atoms. The van der Waals surface area contributed by atoms with Crippen LogP contribution in [0.1, 0.15) is 18.1 Å². The van der Waals surface area contributed by atoms with E-state index in [2.05, 4.69) is 19.8 Å². The van der Waals surface area contributed by atoms with Crippen LogP contribution in [0.3, 0.4) is 0 Å². The van der Waals surface area contributed by atoms with Crippen molar-refractivity contribution in [3.63, 3.8) is 0 Å². The third-order valence-electron chi connectivity index (χ3n) is 5.38. The molecule has 0 unspecified atom stereocenters. The number of hydrogen-bond acceptors (Lipinski definition) is 6. The highest BCUT2D eigenvalue weighted by atomic mass is 16.1. The van der Waals surface area contributed by atoms with E-state index in [1.807, 2.05) is 43.5 Å². The van der Waals surface area contributed by atoms with Crippen molar-refractivity contribution < 1.29 is 0 Å². The first-order valence-electron chi connectivity index (χ1n) is 9.66. The maximum absolute atomic E-state index is 12.1. The first-order valence-corrected chi connectivity index (χ1v) is 9.66. The molecule has 0 spiro atoms. The Morgan fingerprint density at radius 1 is 1.11 bits per heavy atom. The molecule has 3 heterocycles. The van der Waals surface area contributed by atoms with Gasteiger partial charge in [0.05, 0.1) is 22.4 Å². The van der Waals surface area contributed by atoms with Crippen molar-refractivity contribution in [2.24, 2.45) is 0 Å². The fourth-order valence-corrected chi connectivity index (χ4v) is 3.78. The lowest BCUT2D eigenvalue weighted by Gasteiger charge is -2.36. The Labute approximate surface area is 164 Å². The summed E-state index contributed by atoms with van der Waals surface area (Å²) >= 11 is 0. The summed E-state index contributed by atoms with van der Waals surface area (Å²) in [6, 6.07) is 9.62. The summed E-state index contributed by atoms with van der Waals surface area (Å²) in [5.74, 6) is 0. The number of nitrogens with one attached hydrogen (secondary N) is 1. The lowest BCUT2D eigenvalue weighted by molar-refractivity contribution is 0.250. The van der Waals surface area contributed by atoms with E-state index in [0.717, 1.165) is 66.3 Å². The van der Waals surface area contributed by atoms with Crippen molar-refractivity contribution in [2.45, 2.75) is 19.9 Å². The zero-order valence-electron chi connectivity index (χ0n) is 16.1.